The second-order valence-corrected chi connectivity index (χ2v) is 4.25. The largest absolute Gasteiger partial charge is 0.463 e. The van der Waals surface area contributed by atoms with Crippen LogP contribution in [0.2, 0.25) is 0 Å². The normalized spacial score (nSPS) is 10.8. The summed E-state index contributed by atoms with van der Waals surface area (Å²) in [5.74, 6) is 0.706. The Kier molecular flexibility index (Phi) is 5.09. The molecule has 0 aliphatic heterocycles. The predicted molar refractivity (Wildman–Crippen MR) is 81.2 cm³/mol. The SMILES string of the molecule is C/C=C/c1ccccc1Oc1nc(N)nc(OCCC)n1. The standard InChI is InChI=1S/C15H18N4O2/c1-3-7-11-8-5-6-9-12(11)21-15-18-13(16)17-14(19-15)20-10-4-2/h3,5-9H,4,10H2,1-2H3,(H2,16,17,18,19)/b7-3+. The zero-order valence-corrected chi connectivity index (χ0v) is 12.1. The van der Waals surface area contributed by atoms with Gasteiger partial charge < -0.3 is 15.2 Å². The van der Waals surface area contributed by atoms with Crippen molar-refractivity contribution in [3.8, 4) is 17.8 Å². The van der Waals surface area contributed by atoms with Crippen molar-refractivity contribution in [2.75, 3.05) is 12.3 Å². The maximum absolute atomic E-state index is 5.69. The molecule has 0 radical (unpaired) electrons. The number of anilines is 1. The maximum Gasteiger partial charge on any atom is 0.330 e. The third-order valence-electron chi connectivity index (χ3n) is 2.51. The van der Waals surface area contributed by atoms with Crippen LogP contribution in [0.3, 0.4) is 0 Å². The highest BCUT2D eigenvalue weighted by Crippen LogP contribution is 2.25. The molecule has 2 rings (SSSR count). The highest BCUT2D eigenvalue weighted by Gasteiger charge is 2.09. The zero-order chi connectivity index (χ0) is 15.1. The zero-order valence-electron chi connectivity index (χ0n) is 12.1. The minimum absolute atomic E-state index is 0.0645. The number of hydrogen-bond donors (Lipinski definition) is 1. The Balaban J connectivity index is 2.25. The lowest BCUT2D eigenvalue weighted by atomic mass is 10.2. The molecule has 2 N–H and O–H groups in total. The van der Waals surface area contributed by atoms with Crippen molar-refractivity contribution in [1.29, 1.82) is 0 Å². The van der Waals surface area contributed by atoms with Crippen LogP contribution < -0.4 is 15.2 Å². The summed E-state index contributed by atoms with van der Waals surface area (Å²) in [6.07, 6.45) is 4.72. The van der Waals surface area contributed by atoms with Crippen LogP contribution >= 0.6 is 0 Å². The Hall–Kier alpha value is -2.63. The molecule has 21 heavy (non-hydrogen) atoms. The third kappa shape index (κ3) is 4.17. The molecule has 0 saturated heterocycles. The second kappa shape index (κ2) is 7.23. The fraction of sp³-hybridized carbons (Fsp3) is 0.267. The Morgan fingerprint density at radius 3 is 2.67 bits per heavy atom. The lowest BCUT2D eigenvalue weighted by Crippen LogP contribution is -2.06. The molecule has 6 heteroatoms. The van der Waals surface area contributed by atoms with Crippen molar-refractivity contribution in [2.24, 2.45) is 0 Å². The summed E-state index contributed by atoms with van der Waals surface area (Å²) in [6, 6.07) is 7.87. The molecule has 0 bridgehead atoms. The van der Waals surface area contributed by atoms with Crippen molar-refractivity contribution < 1.29 is 9.47 Å². The number of ether oxygens (including phenoxy) is 2. The molecule has 0 fully saturated rings. The fourth-order valence-electron chi connectivity index (χ4n) is 1.65. The molecule has 0 aliphatic carbocycles. The smallest absolute Gasteiger partial charge is 0.330 e. The molecule has 0 unspecified atom stereocenters. The van der Waals surface area contributed by atoms with Crippen molar-refractivity contribution >= 4 is 12.0 Å². The van der Waals surface area contributed by atoms with E-state index in [9.17, 15) is 0 Å². The van der Waals surface area contributed by atoms with E-state index in [1.165, 1.54) is 0 Å². The maximum atomic E-state index is 5.69. The van der Waals surface area contributed by atoms with Crippen LogP contribution in [-0.4, -0.2) is 21.6 Å². The molecule has 1 aromatic heterocycles. The van der Waals surface area contributed by atoms with Gasteiger partial charge in [-0.15, -0.1) is 4.98 Å². The van der Waals surface area contributed by atoms with Gasteiger partial charge in [0.2, 0.25) is 5.95 Å². The van der Waals surface area contributed by atoms with Crippen LogP contribution in [0, 0.1) is 0 Å². The molecule has 0 saturated carbocycles. The molecular formula is C15H18N4O2. The molecule has 110 valence electrons. The lowest BCUT2D eigenvalue weighted by molar-refractivity contribution is 0.285. The van der Waals surface area contributed by atoms with Crippen LogP contribution in [0.5, 0.6) is 17.8 Å². The van der Waals surface area contributed by atoms with E-state index >= 15 is 0 Å². The van der Waals surface area contributed by atoms with Gasteiger partial charge in [-0.25, -0.2) is 0 Å². The minimum Gasteiger partial charge on any atom is -0.463 e. The van der Waals surface area contributed by atoms with E-state index in [0.717, 1.165) is 12.0 Å². The summed E-state index contributed by atoms with van der Waals surface area (Å²) in [5.41, 5.74) is 6.57. The number of rotatable bonds is 6. The van der Waals surface area contributed by atoms with Gasteiger partial charge in [0.05, 0.1) is 6.61 Å². The third-order valence-corrected chi connectivity index (χ3v) is 2.51. The molecule has 0 amide bonds. The van der Waals surface area contributed by atoms with Crippen molar-refractivity contribution in [2.45, 2.75) is 20.3 Å². The minimum atomic E-state index is 0.0645. The van der Waals surface area contributed by atoms with Gasteiger partial charge in [0.15, 0.2) is 0 Å². The first-order valence-electron chi connectivity index (χ1n) is 6.77. The lowest BCUT2D eigenvalue weighted by Gasteiger charge is -2.08. The first-order valence-corrected chi connectivity index (χ1v) is 6.77. The summed E-state index contributed by atoms with van der Waals surface area (Å²) >= 11 is 0. The summed E-state index contributed by atoms with van der Waals surface area (Å²) in [5, 5.41) is 0. The number of nitrogen functional groups attached to an aromatic ring is 1. The summed E-state index contributed by atoms with van der Waals surface area (Å²) in [6.45, 7) is 4.45. The van der Waals surface area contributed by atoms with Crippen molar-refractivity contribution in [1.82, 2.24) is 15.0 Å². The van der Waals surface area contributed by atoms with Crippen LogP contribution in [0.1, 0.15) is 25.8 Å². The predicted octanol–water partition coefficient (Wildman–Crippen LogP) is 3.07. The quantitative estimate of drug-likeness (QED) is 0.878. The summed E-state index contributed by atoms with van der Waals surface area (Å²) in [4.78, 5) is 12.0. The van der Waals surface area contributed by atoms with E-state index in [2.05, 4.69) is 15.0 Å². The van der Waals surface area contributed by atoms with E-state index in [1.54, 1.807) is 0 Å². The fourth-order valence-corrected chi connectivity index (χ4v) is 1.65. The monoisotopic (exact) mass is 286 g/mol. The number of hydrogen-bond acceptors (Lipinski definition) is 6. The molecule has 0 aliphatic rings. The van der Waals surface area contributed by atoms with Gasteiger partial charge in [-0.2, -0.15) is 9.97 Å². The van der Waals surface area contributed by atoms with E-state index < -0.39 is 0 Å². The molecule has 1 aromatic carbocycles. The summed E-state index contributed by atoms with van der Waals surface area (Å²) in [7, 11) is 0. The van der Waals surface area contributed by atoms with Gasteiger partial charge in [-0.3, -0.25) is 0 Å². The van der Waals surface area contributed by atoms with Gasteiger partial charge in [0.25, 0.3) is 0 Å². The highest BCUT2D eigenvalue weighted by atomic mass is 16.5. The molecular weight excluding hydrogens is 268 g/mol. The van der Waals surface area contributed by atoms with Crippen LogP contribution in [0.4, 0.5) is 5.95 Å². The van der Waals surface area contributed by atoms with Crippen LogP contribution in [0.15, 0.2) is 30.3 Å². The van der Waals surface area contributed by atoms with Crippen LogP contribution in [0.25, 0.3) is 6.08 Å². The van der Waals surface area contributed by atoms with Crippen LogP contribution in [-0.2, 0) is 0 Å². The van der Waals surface area contributed by atoms with Crippen molar-refractivity contribution in [3.05, 3.63) is 35.9 Å². The Morgan fingerprint density at radius 2 is 1.90 bits per heavy atom. The number of nitrogens with two attached hydrogens (primary N) is 1. The Labute approximate surface area is 123 Å². The molecule has 0 spiro atoms. The van der Waals surface area contributed by atoms with Gasteiger partial charge in [-0.05, 0) is 19.4 Å². The van der Waals surface area contributed by atoms with E-state index in [-0.39, 0.29) is 18.0 Å². The first kappa shape index (κ1) is 14.8. The topological polar surface area (TPSA) is 83.2 Å². The number of aromatic nitrogens is 3. The Morgan fingerprint density at radius 1 is 1.14 bits per heavy atom. The van der Waals surface area contributed by atoms with E-state index in [1.807, 2.05) is 50.3 Å². The average molecular weight is 286 g/mol. The Bertz CT molecular complexity index is 629. The number of benzene rings is 1. The highest BCUT2D eigenvalue weighted by molar-refractivity contribution is 5.57. The van der Waals surface area contributed by atoms with E-state index in [4.69, 9.17) is 15.2 Å². The number of para-hydroxylation sites is 1. The molecule has 6 nitrogen and oxygen atoms in total. The summed E-state index contributed by atoms with van der Waals surface area (Å²) < 4.78 is 11.0. The van der Waals surface area contributed by atoms with Gasteiger partial charge in [-0.1, -0.05) is 37.3 Å². The molecule has 0 atom stereocenters. The van der Waals surface area contributed by atoms with Gasteiger partial charge in [0.1, 0.15) is 5.75 Å². The number of nitrogens with zero attached hydrogens (tertiary/aromatic N) is 3. The molecule has 2 aromatic rings. The van der Waals surface area contributed by atoms with E-state index in [0.29, 0.717) is 12.4 Å². The van der Waals surface area contributed by atoms with Gasteiger partial charge >= 0.3 is 12.0 Å². The first-order chi connectivity index (χ1) is 10.2. The second-order valence-electron chi connectivity index (χ2n) is 4.25. The van der Waals surface area contributed by atoms with Crippen molar-refractivity contribution in [3.63, 3.8) is 0 Å². The van der Waals surface area contributed by atoms with Gasteiger partial charge in [0, 0.05) is 5.56 Å². The average Bonchev–Trinajstić information content (AvgIpc) is 2.47. The molecule has 1 heterocycles. The number of allylic oxidation sites excluding steroid dienone is 1.